The molecule has 1 atom stereocenters. The number of likely N-dealkylation sites (tertiary alicyclic amines) is 1. The van der Waals surface area contributed by atoms with Crippen LogP contribution < -0.4 is 10.6 Å². The highest BCUT2D eigenvalue weighted by Crippen LogP contribution is 2.24. The first kappa shape index (κ1) is 17.9. The third-order valence-corrected chi connectivity index (χ3v) is 4.85. The Bertz CT molecular complexity index is 448. The van der Waals surface area contributed by atoms with E-state index in [2.05, 4.69) is 40.4 Å². The predicted molar refractivity (Wildman–Crippen MR) is 95.7 cm³/mol. The predicted octanol–water partition coefficient (Wildman–Crippen LogP) is 3.02. The van der Waals surface area contributed by atoms with Crippen LogP contribution in [-0.2, 0) is 0 Å². The maximum atomic E-state index is 5.67. The Balaban J connectivity index is 1.89. The van der Waals surface area contributed by atoms with Gasteiger partial charge in [-0.2, -0.15) is 0 Å². The van der Waals surface area contributed by atoms with Crippen LogP contribution in [0.25, 0.3) is 0 Å². The summed E-state index contributed by atoms with van der Waals surface area (Å²) in [6, 6.07) is 4.32. The van der Waals surface area contributed by atoms with Crippen LogP contribution in [0.5, 0.6) is 0 Å². The molecule has 1 saturated heterocycles. The molecule has 0 amide bonds. The Morgan fingerprint density at radius 2 is 1.91 bits per heavy atom. The summed E-state index contributed by atoms with van der Waals surface area (Å²) in [7, 11) is 1.83. The molecule has 0 saturated carbocycles. The number of nitrogens with zero attached hydrogens (tertiary/aromatic N) is 2. The molecule has 2 rings (SSSR count). The zero-order valence-electron chi connectivity index (χ0n) is 14.8. The number of nitrogens with one attached hydrogen (secondary N) is 2. The van der Waals surface area contributed by atoms with E-state index in [-0.39, 0.29) is 6.04 Å². The topological polar surface area (TPSA) is 52.8 Å². The molecular weight excluding hydrogens is 288 g/mol. The van der Waals surface area contributed by atoms with E-state index in [0.717, 1.165) is 37.9 Å². The van der Waals surface area contributed by atoms with Crippen molar-refractivity contribution in [2.45, 2.75) is 45.6 Å². The minimum Gasteiger partial charge on any atom is -0.468 e. The smallest absolute Gasteiger partial charge is 0.191 e. The Kier molecular flexibility index (Phi) is 7.46. The summed E-state index contributed by atoms with van der Waals surface area (Å²) < 4.78 is 5.67. The lowest BCUT2D eigenvalue weighted by Gasteiger charge is -2.27. The number of furan rings is 1. The second-order valence-corrected chi connectivity index (χ2v) is 6.29. The van der Waals surface area contributed by atoms with E-state index in [0.29, 0.717) is 5.92 Å². The fourth-order valence-corrected chi connectivity index (χ4v) is 3.18. The Hall–Kier alpha value is -1.49. The van der Waals surface area contributed by atoms with Crippen molar-refractivity contribution in [3.63, 3.8) is 0 Å². The molecule has 1 unspecified atom stereocenters. The average Bonchev–Trinajstić information content (AvgIpc) is 3.28. The molecule has 1 fully saturated rings. The van der Waals surface area contributed by atoms with E-state index >= 15 is 0 Å². The van der Waals surface area contributed by atoms with Crippen LogP contribution in [0.15, 0.2) is 27.8 Å². The second-order valence-electron chi connectivity index (χ2n) is 6.29. The van der Waals surface area contributed by atoms with Gasteiger partial charge in [-0.3, -0.25) is 9.89 Å². The summed E-state index contributed by atoms with van der Waals surface area (Å²) in [4.78, 5) is 6.85. The molecule has 0 radical (unpaired) electrons. The number of guanidine groups is 1. The summed E-state index contributed by atoms with van der Waals surface area (Å²) in [5.41, 5.74) is 0. The zero-order chi connectivity index (χ0) is 16.5. The van der Waals surface area contributed by atoms with Crippen molar-refractivity contribution in [3.8, 4) is 0 Å². The number of hydrogen-bond donors (Lipinski definition) is 2. The first-order valence-corrected chi connectivity index (χ1v) is 9.00. The molecule has 0 aliphatic carbocycles. The lowest BCUT2D eigenvalue weighted by atomic mass is 10.0. The van der Waals surface area contributed by atoms with E-state index in [9.17, 15) is 0 Å². The molecule has 1 aliphatic rings. The first-order valence-electron chi connectivity index (χ1n) is 9.00. The SMILES string of the molecule is CCC(CC)CNC(=NC)NCC(c1ccco1)N1CCCC1. The molecule has 1 aromatic rings. The summed E-state index contributed by atoms with van der Waals surface area (Å²) in [5.74, 6) is 2.62. The highest BCUT2D eigenvalue weighted by Gasteiger charge is 2.25. The van der Waals surface area contributed by atoms with E-state index < -0.39 is 0 Å². The quantitative estimate of drug-likeness (QED) is 0.571. The molecule has 1 aliphatic heterocycles. The highest BCUT2D eigenvalue weighted by atomic mass is 16.3. The largest absolute Gasteiger partial charge is 0.468 e. The van der Waals surface area contributed by atoms with Gasteiger partial charge in [-0.05, 0) is 44.0 Å². The Morgan fingerprint density at radius 3 is 2.48 bits per heavy atom. The van der Waals surface area contributed by atoms with E-state index in [1.807, 2.05) is 13.1 Å². The zero-order valence-corrected chi connectivity index (χ0v) is 14.8. The first-order chi connectivity index (χ1) is 11.3. The van der Waals surface area contributed by atoms with Crippen LogP contribution in [0.4, 0.5) is 0 Å². The lowest BCUT2D eigenvalue weighted by Crippen LogP contribution is -2.43. The van der Waals surface area contributed by atoms with Crippen LogP contribution in [-0.4, -0.2) is 44.1 Å². The monoisotopic (exact) mass is 320 g/mol. The van der Waals surface area contributed by atoms with Crippen molar-refractivity contribution in [3.05, 3.63) is 24.2 Å². The molecule has 0 aromatic carbocycles. The van der Waals surface area contributed by atoms with Gasteiger partial charge in [-0.15, -0.1) is 0 Å². The van der Waals surface area contributed by atoms with Gasteiger partial charge < -0.3 is 15.1 Å². The normalized spacial score (nSPS) is 17.7. The van der Waals surface area contributed by atoms with Gasteiger partial charge in [-0.25, -0.2) is 0 Å². The number of rotatable bonds is 8. The average molecular weight is 320 g/mol. The fourth-order valence-electron chi connectivity index (χ4n) is 3.18. The second kappa shape index (κ2) is 9.60. The summed E-state index contributed by atoms with van der Waals surface area (Å²) >= 11 is 0. The molecule has 5 nitrogen and oxygen atoms in total. The maximum absolute atomic E-state index is 5.67. The van der Waals surface area contributed by atoms with Gasteiger partial charge in [0.1, 0.15) is 5.76 Å². The van der Waals surface area contributed by atoms with Crippen molar-refractivity contribution >= 4 is 5.96 Å². The number of hydrogen-bond acceptors (Lipinski definition) is 3. The summed E-state index contributed by atoms with van der Waals surface area (Å²) in [6.45, 7) is 8.57. The summed E-state index contributed by atoms with van der Waals surface area (Å²) in [6.07, 6.45) is 6.71. The minimum atomic E-state index is 0.277. The third kappa shape index (κ3) is 5.27. The van der Waals surface area contributed by atoms with Crippen LogP contribution in [0.1, 0.15) is 51.3 Å². The molecule has 1 aromatic heterocycles. The summed E-state index contributed by atoms with van der Waals surface area (Å²) in [5, 5.41) is 6.93. The van der Waals surface area contributed by atoms with Crippen molar-refractivity contribution < 1.29 is 4.42 Å². The van der Waals surface area contributed by atoms with E-state index in [1.165, 1.54) is 25.7 Å². The highest BCUT2D eigenvalue weighted by molar-refractivity contribution is 5.79. The number of aliphatic imine (C=N–C) groups is 1. The van der Waals surface area contributed by atoms with E-state index in [4.69, 9.17) is 4.42 Å². The van der Waals surface area contributed by atoms with E-state index in [1.54, 1.807) is 6.26 Å². The van der Waals surface area contributed by atoms with Crippen LogP contribution >= 0.6 is 0 Å². The van der Waals surface area contributed by atoms with Gasteiger partial charge >= 0.3 is 0 Å². The molecule has 0 bridgehead atoms. The van der Waals surface area contributed by atoms with Gasteiger partial charge in [0.25, 0.3) is 0 Å². The van der Waals surface area contributed by atoms with Gasteiger partial charge in [-0.1, -0.05) is 26.7 Å². The van der Waals surface area contributed by atoms with Gasteiger partial charge in [0.2, 0.25) is 0 Å². The molecule has 23 heavy (non-hydrogen) atoms. The molecule has 130 valence electrons. The molecule has 5 heteroatoms. The minimum absolute atomic E-state index is 0.277. The van der Waals surface area contributed by atoms with Crippen molar-refractivity contribution in [2.24, 2.45) is 10.9 Å². The molecular formula is C18H32N4O. The van der Waals surface area contributed by atoms with Crippen LogP contribution in [0, 0.1) is 5.92 Å². The maximum Gasteiger partial charge on any atom is 0.191 e. The van der Waals surface area contributed by atoms with Crippen molar-refractivity contribution in [1.29, 1.82) is 0 Å². The lowest BCUT2D eigenvalue weighted by molar-refractivity contribution is 0.215. The Morgan fingerprint density at radius 1 is 1.22 bits per heavy atom. The van der Waals surface area contributed by atoms with Gasteiger partial charge in [0.15, 0.2) is 5.96 Å². The van der Waals surface area contributed by atoms with Crippen molar-refractivity contribution in [1.82, 2.24) is 15.5 Å². The third-order valence-electron chi connectivity index (χ3n) is 4.85. The van der Waals surface area contributed by atoms with Crippen LogP contribution in [0.3, 0.4) is 0 Å². The van der Waals surface area contributed by atoms with Gasteiger partial charge in [0.05, 0.1) is 12.3 Å². The molecule has 2 heterocycles. The van der Waals surface area contributed by atoms with Crippen LogP contribution in [0.2, 0.25) is 0 Å². The molecule has 0 spiro atoms. The Labute approximate surface area is 140 Å². The molecule has 2 N–H and O–H groups in total. The van der Waals surface area contributed by atoms with Gasteiger partial charge in [0, 0.05) is 20.1 Å². The fraction of sp³-hybridized carbons (Fsp3) is 0.722. The standard InChI is InChI=1S/C18H32N4O/c1-4-15(5-2)13-20-18(19-3)21-14-16(17-9-8-12-23-17)22-10-6-7-11-22/h8-9,12,15-16H,4-7,10-11,13-14H2,1-3H3,(H2,19,20,21). The van der Waals surface area contributed by atoms with Crippen molar-refractivity contribution in [2.75, 3.05) is 33.2 Å².